The third-order valence-electron chi connectivity index (χ3n) is 2.50. The van der Waals surface area contributed by atoms with Crippen molar-refractivity contribution in [1.82, 2.24) is 5.32 Å². The Bertz CT molecular complexity index is 402. The number of aromatic hydroxyl groups is 1. The molecule has 1 aromatic rings. The van der Waals surface area contributed by atoms with Gasteiger partial charge in [-0.05, 0) is 37.5 Å². The van der Waals surface area contributed by atoms with Gasteiger partial charge in [-0.2, -0.15) is 0 Å². The highest BCUT2D eigenvalue weighted by molar-refractivity contribution is 5.95. The highest BCUT2D eigenvalue weighted by atomic mass is 16.3. The summed E-state index contributed by atoms with van der Waals surface area (Å²) in [5.41, 5.74) is 6.17. The molecule has 1 aromatic carbocycles. The summed E-state index contributed by atoms with van der Waals surface area (Å²) < 4.78 is 0. The van der Waals surface area contributed by atoms with Gasteiger partial charge in [-0.15, -0.1) is 0 Å². The largest absolute Gasteiger partial charge is 0.506 e. The second-order valence-corrected chi connectivity index (χ2v) is 4.78. The highest BCUT2D eigenvalue weighted by Gasteiger charge is 2.12. The van der Waals surface area contributed by atoms with Crippen molar-refractivity contribution in [3.63, 3.8) is 0 Å². The van der Waals surface area contributed by atoms with Crippen LogP contribution in [0.15, 0.2) is 18.2 Å². The first-order valence-corrected chi connectivity index (χ1v) is 5.79. The van der Waals surface area contributed by atoms with E-state index in [1.54, 1.807) is 6.07 Å². The summed E-state index contributed by atoms with van der Waals surface area (Å²) in [6.45, 7) is 6.18. The van der Waals surface area contributed by atoms with E-state index in [-0.39, 0.29) is 23.4 Å². The van der Waals surface area contributed by atoms with Crippen LogP contribution < -0.4 is 11.1 Å². The van der Waals surface area contributed by atoms with Gasteiger partial charge in [0.15, 0.2) is 0 Å². The van der Waals surface area contributed by atoms with Crippen molar-refractivity contribution in [3.8, 4) is 5.75 Å². The van der Waals surface area contributed by atoms with Crippen LogP contribution in [0, 0.1) is 5.92 Å². The molecule has 0 saturated carbocycles. The number of anilines is 1. The maximum absolute atomic E-state index is 11.8. The monoisotopic (exact) mass is 236 g/mol. The standard InChI is InChI=1S/C13H20N2O2/c1-8(2)6-9(3)15-13(17)10-4-5-11(14)12(16)7-10/h4-5,7-9,16H,6,14H2,1-3H3,(H,15,17). The number of nitrogen functional groups attached to an aromatic ring is 1. The Labute approximate surface area is 102 Å². The summed E-state index contributed by atoms with van der Waals surface area (Å²) in [6.07, 6.45) is 0.923. The summed E-state index contributed by atoms with van der Waals surface area (Å²) in [4.78, 5) is 11.8. The van der Waals surface area contributed by atoms with Crippen LogP contribution in [0.2, 0.25) is 0 Å². The molecule has 0 aliphatic carbocycles. The van der Waals surface area contributed by atoms with Crippen molar-refractivity contribution in [1.29, 1.82) is 0 Å². The lowest BCUT2D eigenvalue weighted by molar-refractivity contribution is 0.0936. The number of nitrogens with two attached hydrogens (primary N) is 1. The van der Waals surface area contributed by atoms with Gasteiger partial charge in [0.05, 0.1) is 5.69 Å². The Morgan fingerprint density at radius 1 is 1.41 bits per heavy atom. The van der Waals surface area contributed by atoms with Gasteiger partial charge < -0.3 is 16.2 Å². The molecule has 4 N–H and O–H groups in total. The number of phenolic OH excluding ortho intramolecular Hbond substituents is 1. The number of phenols is 1. The molecule has 4 nitrogen and oxygen atoms in total. The molecule has 1 atom stereocenters. The van der Waals surface area contributed by atoms with Crippen LogP contribution >= 0.6 is 0 Å². The van der Waals surface area contributed by atoms with E-state index in [0.29, 0.717) is 11.5 Å². The normalized spacial score (nSPS) is 12.5. The number of carbonyl (C=O) groups is 1. The van der Waals surface area contributed by atoms with Crippen molar-refractivity contribution in [2.45, 2.75) is 33.2 Å². The van der Waals surface area contributed by atoms with Crippen LogP contribution in [0.25, 0.3) is 0 Å². The third-order valence-corrected chi connectivity index (χ3v) is 2.50. The van der Waals surface area contributed by atoms with Gasteiger partial charge in [0.1, 0.15) is 5.75 Å². The molecule has 94 valence electrons. The lowest BCUT2D eigenvalue weighted by Crippen LogP contribution is -2.33. The first-order chi connectivity index (χ1) is 7.90. The molecule has 0 heterocycles. The van der Waals surface area contributed by atoms with Crippen LogP contribution in [0.1, 0.15) is 37.6 Å². The summed E-state index contributed by atoms with van der Waals surface area (Å²) in [5, 5.41) is 12.3. The maximum atomic E-state index is 11.8. The molecular weight excluding hydrogens is 216 g/mol. The van der Waals surface area contributed by atoms with Gasteiger partial charge in [-0.1, -0.05) is 13.8 Å². The summed E-state index contributed by atoms with van der Waals surface area (Å²) in [5.74, 6) is 0.285. The zero-order valence-electron chi connectivity index (χ0n) is 10.5. The SMILES string of the molecule is CC(C)CC(C)NC(=O)c1ccc(N)c(O)c1. The molecule has 4 heteroatoms. The molecule has 0 bridgehead atoms. The lowest BCUT2D eigenvalue weighted by atomic mass is 10.0. The number of nitrogens with one attached hydrogen (secondary N) is 1. The predicted octanol–water partition coefficient (Wildman–Crippen LogP) is 2.14. The zero-order valence-corrected chi connectivity index (χ0v) is 10.5. The Balaban J connectivity index is 2.66. The molecular formula is C13H20N2O2. The van der Waals surface area contributed by atoms with E-state index < -0.39 is 0 Å². The minimum atomic E-state index is -0.187. The number of benzene rings is 1. The first kappa shape index (κ1) is 13.4. The number of hydrogen-bond donors (Lipinski definition) is 3. The number of hydrogen-bond acceptors (Lipinski definition) is 3. The summed E-state index contributed by atoms with van der Waals surface area (Å²) in [7, 11) is 0. The lowest BCUT2D eigenvalue weighted by Gasteiger charge is -2.16. The first-order valence-electron chi connectivity index (χ1n) is 5.79. The van der Waals surface area contributed by atoms with E-state index in [9.17, 15) is 9.90 Å². The average Bonchev–Trinajstić information content (AvgIpc) is 2.20. The highest BCUT2D eigenvalue weighted by Crippen LogP contribution is 2.20. The van der Waals surface area contributed by atoms with E-state index in [1.807, 2.05) is 6.92 Å². The van der Waals surface area contributed by atoms with Crippen LogP contribution in [0.5, 0.6) is 5.75 Å². The molecule has 0 aromatic heterocycles. The minimum absolute atomic E-state index is 0.0610. The predicted molar refractivity (Wildman–Crippen MR) is 68.9 cm³/mol. The molecule has 0 fully saturated rings. The van der Waals surface area contributed by atoms with Crippen LogP contribution in [0.3, 0.4) is 0 Å². The van der Waals surface area contributed by atoms with Crippen LogP contribution in [0.4, 0.5) is 5.69 Å². The van der Waals surface area contributed by atoms with Crippen molar-refractivity contribution in [3.05, 3.63) is 23.8 Å². The molecule has 1 unspecified atom stereocenters. The van der Waals surface area contributed by atoms with Crippen molar-refractivity contribution in [2.75, 3.05) is 5.73 Å². The number of amides is 1. The molecule has 1 amide bonds. The van der Waals surface area contributed by atoms with Crippen molar-refractivity contribution in [2.24, 2.45) is 5.92 Å². The fraction of sp³-hybridized carbons (Fsp3) is 0.462. The van der Waals surface area contributed by atoms with Crippen molar-refractivity contribution < 1.29 is 9.90 Å². The quantitative estimate of drug-likeness (QED) is 0.554. The van der Waals surface area contributed by atoms with Gasteiger partial charge in [0.25, 0.3) is 5.91 Å². The van der Waals surface area contributed by atoms with Gasteiger partial charge in [0.2, 0.25) is 0 Å². The topological polar surface area (TPSA) is 75.4 Å². The average molecular weight is 236 g/mol. The smallest absolute Gasteiger partial charge is 0.251 e. The minimum Gasteiger partial charge on any atom is -0.506 e. The van der Waals surface area contributed by atoms with Gasteiger partial charge in [0, 0.05) is 11.6 Å². The van der Waals surface area contributed by atoms with E-state index in [4.69, 9.17) is 5.73 Å². The summed E-state index contributed by atoms with van der Waals surface area (Å²) in [6, 6.07) is 4.62. The van der Waals surface area contributed by atoms with Gasteiger partial charge >= 0.3 is 0 Å². The van der Waals surface area contributed by atoms with Gasteiger partial charge in [-0.3, -0.25) is 4.79 Å². The Hall–Kier alpha value is -1.71. The molecule has 17 heavy (non-hydrogen) atoms. The van der Waals surface area contributed by atoms with Crippen LogP contribution in [-0.2, 0) is 0 Å². The fourth-order valence-corrected chi connectivity index (χ4v) is 1.76. The molecule has 0 spiro atoms. The molecule has 0 aliphatic heterocycles. The number of carbonyl (C=O) groups excluding carboxylic acids is 1. The van der Waals surface area contributed by atoms with Crippen molar-refractivity contribution >= 4 is 11.6 Å². The number of rotatable bonds is 4. The maximum Gasteiger partial charge on any atom is 0.251 e. The Morgan fingerprint density at radius 2 is 2.06 bits per heavy atom. The Kier molecular flexibility index (Phi) is 4.37. The van der Waals surface area contributed by atoms with E-state index in [0.717, 1.165) is 6.42 Å². The van der Waals surface area contributed by atoms with E-state index in [2.05, 4.69) is 19.2 Å². The fourth-order valence-electron chi connectivity index (χ4n) is 1.76. The molecule has 0 aliphatic rings. The van der Waals surface area contributed by atoms with E-state index >= 15 is 0 Å². The van der Waals surface area contributed by atoms with Gasteiger partial charge in [-0.25, -0.2) is 0 Å². The second-order valence-electron chi connectivity index (χ2n) is 4.78. The second kappa shape index (κ2) is 5.57. The summed E-state index contributed by atoms with van der Waals surface area (Å²) >= 11 is 0. The third kappa shape index (κ3) is 3.98. The van der Waals surface area contributed by atoms with Crippen LogP contribution in [-0.4, -0.2) is 17.1 Å². The van der Waals surface area contributed by atoms with E-state index in [1.165, 1.54) is 12.1 Å². The molecule has 0 radical (unpaired) electrons. The molecule has 1 rings (SSSR count). The zero-order chi connectivity index (χ0) is 13.0. The molecule has 0 saturated heterocycles. The Morgan fingerprint density at radius 3 is 2.59 bits per heavy atom.